The Balaban J connectivity index is 1.31. The number of hydrogen-bond donors (Lipinski definition) is 2. The number of carbonyl (C=O) groups excluding carboxylic acids is 1. The molecule has 5 rings (SSSR count). The van der Waals surface area contributed by atoms with Crippen LogP contribution in [-0.2, 0) is 59.6 Å². The Morgan fingerprint density at radius 1 is 0.603 bits per heavy atom. The van der Waals surface area contributed by atoms with E-state index in [0.717, 1.165) is 41.5 Å². The van der Waals surface area contributed by atoms with Gasteiger partial charge in [0, 0.05) is 6.92 Å². The first kappa shape index (κ1) is 49.8. The van der Waals surface area contributed by atoms with Crippen LogP contribution in [0.5, 0.6) is 0 Å². The summed E-state index contributed by atoms with van der Waals surface area (Å²) in [6.45, 7) is 5.10. The Morgan fingerprint density at radius 3 is 1.54 bits per heavy atom. The van der Waals surface area contributed by atoms with Crippen LogP contribution in [0.2, 0.25) is 0 Å². The fourth-order valence-electron chi connectivity index (χ4n) is 7.86. The summed E-state index contributed by atoms with van der Waals surface area (Å²) >= 11 is 0. The fraction of sp³-hybridized carbons (Fsp3) is 0.500. The van der Waals surface area contributed by atoms with E-state index in [1.165, 1.54) is 64.7 Å². The molecule has 9 heteroatoms. The molecule has 0 aliphatic carbocycles. The number of hydrogen-bond acceptors (Lipinski definition) is 8. The highest BCUT2D eigenvalue weighted by Crippen LogP contribution is 2.32. The first-order valence-corrected chi connectivity index (χ1v) is 23.5. The van der Waals surface area contributed by atoms with Crippen molar-refractivity contribution in [3.8, 4) is 0 Å². The van der Waals surface area contributed by atoms with Gasteiger partial charge in [-0.15, -0.1) is 0 Å². The Bertz CT molecular complexity index is 1780. The molecule has 342 valence electrons. The Kier molecular flexibility index (Phi) is 23.8. The van der Waals surface area contributed by atoms with Gasteiger partial charge in [-0.25, -0.2) is 0 Å². The summed E-state index contributed by atoms with van der Waals surface area (Å²) in [6.07, 6.45) is 14.1. The van der Waals surface area contributed by atoms with Gasteiger partial charge in [-0.1, -0.05) is 205 Å². The molecule has 4 aromatic carbocycles. The predicted molar refractivity (Wildman–Crippen MR) is 250 cm³/mol. The van der Waals surface area contributed by atoms with E-state index in [4.69, 9.17) is 28.4 Å². The van der Waals surface area contributed by atoms with E-state index in [9.17, 15) is 9.90 Å². The third-order valence-electron chi connectivity index (χ3n) is 11.4. The molecular formula is C54H73NO8. The van der Waals surface area contributed by atoms with E-state index in [1.54, 1.807) is 6.08 Å². The Hall–Kier alpha value is -4.19. The third kappa shape index (κ3) is 19.2. The lowest BCUT2D eigenvalue weighted by molar-refractivity contribution is -0.329. The highest BCUT2D eigenvalue weighted by molar-refractivity contribution is 5.73. The zero-order valence-electron chi connectivity index (χ0n) is 37.8. The van der Waals surface area contributed by atoms with E-state index >= 15 is 0 Å². The quantitative estimate of drug-likeness (QED) is 0.0381. The van der Waals surface area contributed by atoms with E-state index in [1.807, 2.05) is 127 Å². The lowest BCUT2D eigenvalue weighted by Crippen LogP contribution is -2.62. The molecule has 1 saturated heterocycles. The molecule has 1 amide bonds. The van der Waals surface area contributed by atoms with Crippen molar-refractivity contribution in [2.24, 2.45) is 0 Å². The van der Waals surface area contributed by atoms with Crippen LogP contribution in [0.4, 0.5) is 0 Å². The first-order chi connectivity index (χ1) is 31.0. The lowest BCUT2D eigenvalue weighted by Gasteiger charge is -2.46. The normalized spacial score (nSPS) is 19.8. The molecule has 0 saturated carbocycles. The molecule has 63 heavy (non-hydrogen) atoms. The molecule has 7 atom stereocenters. The third-order valence-corrected chi connectivity index (χ3v) is 11.4. The molecule has 0 spiro atoms. The molecule has 1 heterocycles. The largest absolute Gasteiger partial charge is 0.387 e. The molecule has 0 bridgehead atoms. The monoisotopic (exact) mass is 864 g/mol. The van der Waals surface area contributed by atoms with Gasteiger partial charge in [0.25, 0.3) is 0 Å². The summed E-state index contributed by atoms with van der Waals surface area (Å²) in [5.41, 5.74) is 4.01. The van der Waals surface area contributed by atoms with E-state index < -0.39 is 42.9 Å². The van der Waals surface area contributed by atoms with Crippen molar-refractivity contribution in [3.63, 3.8) is 0 Å². The molecule has 0 radical (unpaired) electrons. The average molecular weight is 864 g/mol. The molecule has 4 aromatic rings. The second-order valence-electron chi connectivity index (χ2n) is 16.7. The van der Waals surface area contributed by atoms with E-state index in [-0.39, 0.29) is 25.7 Å². The highest BCUT2D eigenvalue weighted by Gasteiger charge is 2.49. The van der Waals surface area contributed by atoms with Crippen LogP contribution in [0.1, 0.15) is 113 Å². The molecule has 1 aliphatic heterocycles. The molecule has 1 fully saturated rings. The summed E-state index contributed by atoms with van der Waals surface area (Å²) in [5.74, 6) is -0.270. The van der Waals surface area contributed by atoms with E-state index in [0.29, 0.717) is 19.8 Å². The van der Waals surface area contributed by atoms with Gasteiger partial charge in [0.2, 0.25) is 5.91 Å². The van der Waals surface area contributed by atoms with Gasteiger partial charge in [-0.3, -0.25) is 4.79 Å². The van der Waals surface area contributed by atoms with E-state index in [2.05, 4.69) is 12.2 Å². The van der Waals surface area contributed by atoms with Crippen LogP contribution < -0.4 is 5.32 Å². The van der Waals surface area contributed by atoms with Crippen LogP contribution in [-0.4, -0.2) is 67.1 Å². The van der Waals surface area contributed by atoms with Gasteiger partial charge >= 0.3 is 0 Å². The second kappa shape index (κ2) is 30.0. The number of benzene rings is 4. The predicted octanol–water partition coefficient (Wildman–Crippen LogP) is 10.8. The van der Waals surface area contributed by atoms with Gasteiger partial charge < -0.3 is 38.8 Å². The number of aliphatic hydroxyl groups is 1. The van der Waals surface area contributed by atoms with Crippen LogP contribution >= 0.6 is 0 Å². The minimum Gasteiger partial charge on any atom is -0.387 e. The van der Waals surface area contributed by atoms with Gasteiger partial charge in [0.1, 0.15) is 24.4 Å². The van der Waals surface area contributed by atoms with Gasteiger partial charge in [0.05, 0.1) is 51.8 Å². The van der Waals surface area contributed by atoms with Gasteiger partial charge in [-0.05, 0) is 35.1 Å². The number of allylic oxidation sites excluding steroid dienone is 1. The number of rotatable bonds is 31. The number of ether oxygens (including phenoxy) is 6. The highest BCUT2D eigenvalue weighted by atomic mass is 16.7. The molecule has 0 unspecified atom stereocenters. The van der Waals surface area contributed by atoms with Gasteiger partial charge in [-0.2, -0.15) is 0 Å². The first-order valence-electron chi connectivity index (χ1n) is 23.5. The van der Waals surface area contributed by atoms with Crippen molar-refractivity contribution in [3.05, 3.63) is 156 Å². The minimum absolute atomic E-state index is 0.0437. The number of unbranched alkanes of at least 4 members (excludes halogenated alkanes) is 11. The summed E-state index contributed by atoms with van der Waals surface area (Å²) in [4.78, 5) is 12.5. The molecule has 1 aliphatic rings. The Labute approximate surface area is 377 Å². The standard InChI is InChI=1S/C54H73NO8/c1-3-4-5-6-7-8-9-10-11-12-13-14-27-36-49(57)48(55-43(2)56)41-62-54-53(61-40-47-34-25-18-26-35-47)52(60-39-46-32-23-17-24-33-46)51(59-38-45-30-21-16-22-31-45)50(63-54)42-58-37-44-28-19-15-20-29-44/h15-36,48-54,57H,3-14,37-42H2,1-2H3,(H,55,56)/b36-27+/t48-,49+,50+,51-,52-,53+,54-/m0/s1. The van der Waals surface area contributed by atoms with Crippen LogP contribution in [0.3, 0.4) is 0 Å². The zero-order chi connectivity index (χ0) is 44.2. The average Bonchev–Trinajstić information content (AvgIpc) is 3.31. The Morgan fingerprint density at radius 2 is 1.05 bits per heavy atom. The summed E-state index contributed by atoms with van der Waals surface area (Å²) in [6, 6.07) is 39.2. The van der Waals surface area contributed by atoms with Crippen molar-refractivity contribution in [2.45, 2.75) is 160 Å². The van der Waals surface area contributed by atoms with Crippen molar-refractivity contribution >= 4 is 5.91 Å². The van der Waals surface area contributed by atoms with Crippen LogP contribution in [0.25, 0.3) is 0 Å². The summed E-state index contributed by atoms with van der Waals surface area (Å²) in [7, 11) is 0. The SMILES string of the molecule is CCCCCCCCCCCCC/C=C/[C@@H](O)[C@H](CO[C@H]1O[C@H](COCc2ccccc2)[C@H](OCc2ccccc2)[C@H](OCc2ccccc2)[C@H]1OCc1ccccc1)NC(C)=O. The maximum absolute atomic E-state index is 12.5. The summed E-state index contributed by atoms with van der Waals surface area (Å²) < 4.78 is 40.2. The van der Waals surface area contributed by atoms with Crippen molar-refractivity contribution in [2.75, 3.05) is 13.2 Å². The maximum Gasteiger partial charge on any atom is 0.217 e. The smallest absolute Gasteiger partial charge is 0.217 e. The molecular weight excluding hydrogens is 791 g/mol. The maximum atomic E-state index is 12.5. The molecule has 0 aromatic heterocycles. The van der Waals surface area contributed by atoms with Crippen molar-refractivity contribution in [1.82, 2.24) is 5.32 Å². The molecule has 9 nitrogen and oxygen atoms in total. The van der Waals surface area contributed by atoms with Crippen molar-refractivity contribution in [1.29, 1.82) is 0 Å². The topological polar surface area (TPSA) is 105 Å². The zero-order valence-corrected chi connectivity index (χ0v) is 37.8. The number of carbonyl (C=O) groups is 1. The van der Waals surface area contributed by atoms with Gasteiger partial charge in [0.15, 0.2) is 6.29 Å². The number of amides is 1. The van der Waals surface area contributed by atoms with Crippen LogP contribution in [0.15, 0.2) is 133 Å². The number of nitrogens with one attached hydrogen (secondary N) is 1. The fourth-order valence-corrected chi connectivity index (χ4v) is 7.86. The second-order valence-corrected chi connectivity index (χ2v) is 16.7. The minimum atomic E-state index is -0.981. The summed E-state index contributed by atoms with van der Waals surface area (Å²) in [5, 5.41) is 14.3. The number of aliphatic hydroxyl groups excluding tert-OH is 1. The lowest BCUT2D eigenvalue weighted by atomic mass is 9.97. The van der Waals surface area contributed by atoms with Crippen LogP contribution in [0, 0.1) is 0 Å². The van der Waals surface area contributed by atoms with Crippen molar-refractivity contribution < 1.29 is 38.3 Å². The molecule has 2 N–H and O–H groups in total.